The number of rotatable bonds is 31. The first-order chi connectivity index (χ1) is 30.7. The molecule has 8 amide bonds. The van der Waals surface area contributed by atoms with Gasteiger partial charge in [0, 0.05) is 51.4 Å². The molecule has 0 radical (unpaired) electrons. The topological polar surface area (TPSA) is 329 Å². The maximum absolute atomic E-state index is 12.1. The van der Waals surface area contributed by atoms with Crippen molar-refractivity contribution >= 4 is 71.1 Å². The number of hydrogen-bond acceptors (Lipinski definition) is 24. The fourth-order valence-electron chi connectivity index (χ4n) is 5.44. The SMILES string of the molecule is O=C(COCCOCC(COCCOCC(=O)ON1C(=O)CCC1=O)C(OCCOCC(=O)ON1C(=O)CCC1=O)OCCOCC(=O)ON1C(=O)CCC1=O)ON1C(=O)CCC1=O. The summed E-state index contributed by atoms with van der Waals surface area (Å²) in [6.07, 6.45) is -2.00. The summed E-state index contributed by atoms with van der Waals surface area (Å²) in [5, 5.41) is 1.45. The molecule has 0 spiro atoms. The van der Waals surface area contributed by atoms with Crippen LogP contribution in [0.1, 0.15) is 51.4 Å². The van der Waals surface area contributed by atoms with Crippen molar-refractivity contribution in [2.45, 2.75) is 57.7 Å². The van der Waals surface area contributed by atoms with Crippen LogP contribution >= 0.6 is 0 Å². The van der Waals surface area contributed by atoms with E-state index in [2.05, 4.69) is 0 Å². The molecule has 0 aromatic heterocycles. The average Bonchev–Trinajstić information content (AvgIpc) is 3.97. The zero-order valence-electron chi connectivity index (χ0n) is 34.3. The molecule has 28 heteroatoms. The predicted octanol–water partition coefficient (Wildman–Crippen LogP) is -3.51. The lowest BCUT2D eigenvalue weighted by Gasteiger charge is -2.27. The molecule has 0 aromatic rings. The Balaban J connectivity index is 1.28. The van der Waals surface area contributed by atoms with Crippen LogP contribution in [0.2, 0.25) is 0 Å². The third-order valence-corrected chi connectivity index (χ3v) is 8.49. The van der Waals surface area contributed by atoms with Gasteiger partial charge in [-0.15, -0.1) is 20.3 Å². The summed E-state index contributed by atoms with van der Waals surface area (Å²) >= 11 is 0. The van der Waals surface area contributed by atoms with Crippen molar-refractivity contribution in [3.63, 3.8) is 0 Å². The number of hydroxylamine groups is 8. The lowest BCUT2D eigenvalue weighted by molar-refractivity contribution is -0.211. The molecule has 4 heterocycles. The van der Waals surface area contributed by atoms with Crippen LogP contribution in [0.5, 0.6) is 0 Å². The lowest BCUT2D eigenvalue weighted by Crippen LogP contribution is -2.37. The largest absolute Gasteiger partial charge is 0.378 e. The maximum Gasteiger partial charge on any atom is 0.358 e. The second-order valence-corrected chi connectivity index (χ2v) is 13.4. The molecule has 0 bridgehead atoms. The zero-order chi connectivity index (χ0) is 46.4. The van der Waals surface area contributed by atoms with Gasteiger partial charge in [0.05, 0.1) is 72.0 Å². The second kappa shape index (κ2) is 26.7. The fraction of sp³-hybridized carbons (Fsp3) is 0.667. The lowest BCUT2D eigenvalue weighted by atomic mass is 10.1. The van der Waals surface area contributed by atoms with E-state index in [1.54, 1.807) is 0 Å². The van der Waals surface area contributed by atoms with Crippen molar-refractivity contribution in [1.82, 2.24) is 20.3 Å². The Morgan fingerprint density at radius 1 is 0.344 bits per heavy atom. The van der Waals surface area contributed by atoms with E-state index >= 15 is 0 Å². The molecule has 354 valence electrons. The highest BCUT2D eigenvalue weighted by Crippen LogP contribution is 2.16. The summed E-state index contributed by atoms with van der Waals surface area (Å²) in [5.41, 5.74) is 0. The Hall–Kier alpha value is -5.88. The van der Waals surface area contributed by atoms with E-state index in [0.29, 0.717) is 20.3 Å². The standard InChI is InChI=1S/C36H46N4O24/c41-24-1-2-25(42)37(24)61-32(49)19-55-11-9-53-17-23(18-54-10-12-56-20-33(50)62-38-26(43)3-4-27(38)44)36(59-15-13-57-21-34(51)63-39-28(45)5-6-29(39)46)60-16-14-58-22-35(52)64-40-30(47)7-8-31(40)48/h23,36H,1-22H2. The molecule has 4 aliphatic rings. The molecule has 0 N–H and O–H groups in total. The molecule has 4 saturated heterocycles. The van der Waals surface area contributed by atoms with Gasteiger partial charge in [-0.2, -0.15) is 0 Å². The van der Waals surface area contributed by atoms with Gasteiger partial charge in [-0.25, -0.2) is 19.2 Å². The number of ether oxygens (including phenoxy) is 8. The van der Waals surface area contributed by atoms with E-state index in [1.165, 1.54) is 0 Å². The van der Waals surface area contributed by atoms with Crippen LogP contribution in [-0.2, 0) is 115 Å². The average molecular weight is 919 g/mol. The quantitative estimate of drug-likeness (QED) is 0.0370. The fourth-order valence-corrected chi connectivity index (χ4v) is 5.44. The summed E-state index contributed by atoms with van der Waals surface area (Å²) in [7, 11) is 0. The summed E-state index contributed by atoms with van der Waals surface area (Å²) < 4.78 is 44.1. The van der Waals surface area contributed by atoms with Crippen LogP contribution in [-0.4, -0.2) is 190 Å². The van der Waals surface area contributed by atoms with E-state index in [-0.39, 0.29) is 117 Å². The van der Waals surface area contributed by atoms with Crippen molar-refractivity contribution < 1.29 is 115 Å². The molecule has 0 atom stereocenters. The smallest absolute Gasteiger partial charge is 0.358 e. The molecule has 28 nitrogen and oxygen atoms in total. The van der Waals surface area contributed by atoms with E-state index < -0.39 is 110 Å². The van der Waals surface area contributed by atoms with E-state index in [0.717, 1.165) is 0 Å². The third kappa shape index (κ3) is 17.0. The molecule has 0 saturated carbocycles. The molecule has 4 aliphatic heterocycles. The van der Waals surface area contributed by atoms with Crippen molar-refractivity contribution in [3.05, 3.63) is 0 Å². The highest BCUT2D eigenvalue weighted by atomic mass is 16.8. The van der Waals surface area contributed by atoms with Gasteiger partial charge < -0.3 is 57.2 Å². The van der Waals surface area contributed by atoms with Crippen LogP contribution in [0.15, 0.2) is 0 Å². The minimum Gasteiger partial charge on any atom is -0.378 e. The molecule has 0 unspecified atom stereocenters. The van der Waals surface area contributed by atoms with Crippen LogP contribution in [0.4, 0.5) is 0 Å². The first kappa shape index (κ1) is 50.8. The summed E-state index contributed by atoms with van der Waals surface area (Å²) in [4.78, 5) is 161. The normalized spacial score (nSPS) is 16.7. The van der Waals surface area contributed by atoms with Gasteiger partial charge in [0.25, 0.3) is 47.3 Å². The molecule has 0 aliphatic carbocycles. The van der Waals surface area contributed by atoms with E-state index in [1.807, 2.05) is 0 Å². The van der Waals surface area contributed by atoms with Gasteiger partial charge in [-0.1, -0.05) is 0 Å². The Kier molecular flexibility index (Phi) is 21.2. The van der Waals surface area contributed by atoms with E-state index in [4.69, 9.17) is 57.2 Å². The van der Waals surface area contributed by atoms with Gasteiger partial charge in [-0.05, 0) is 0 Å². The van der Waals surface area contributed by atoms with Crippen LogP contribution in [0.25, 0.3) is 0 Å². The number of nitrogens with zero attached hydrogens (tertiary/aromatic N) is 4. The molecule has 4 fully saturated rings. The predicted molar refractivity (Wildman–Crippen MR) is 193 cm³/mol. The molecular formula is C36H46N4O24. The number of carbonyl (C=O) groups is 12. The Bertz CT molecular complexity index is 1570. The Labute approximate surface area is 362 Å². The van der Waals surface area contributed by atoms with Crippen LogP contribution in [0.3, 0.4) is 0 Å². The maximum atomic E-state index is 12.1. The molecular weight excluding hydrogens is 872 g/mol. The Morgan fingerprint density at radius 3 is 0.812 bits per heavy atom. The number of amides is 8. The van der Waals surface area contributed by atoms with Gasteiger partial charge >= 0.3 is 23.9 Å². The van der Waals surface area contributed by atoms with Crippen molar-refractivity contribution in [1.29, 1.82) is 0 Å². The highest BCUT2D eigenvalue weighted by Gasteiger charge is 2.36. The van der Waals surface area contributed by atoms with Gasteiger partial charge in [-0.3, -0.25) is 38.4 Å². The van der Waals surface area contributed by atoms with Gasteiger partial charge in [0.2, 0.25) is 0 Å². The van der Waals surface area contributed by atoms with Gasteiger partial charge in [0.1, 0.15) is 26.4 Å². The second-order valence-electron chi connectivity index (χ2n) is 13.4. The first-order valence-electron chi connectivity index (χ1n) is 19.7. The van der Waals surface area contributed by atoms with Gasteiger partial charge in [0.15, 0.2) is 6.29 Å². The monoisotopic (exact) mass is 918 g/mol. The van der Waals surface area contributed by atoms with E-state index in [9.17, 15) is 57.5 Å². The van der Waals surface area contributed by atoms with Crippen molar-refractivity contribution in [2.75, 3.05) is 92.5 Å². The number of hydrogen-bond donors (Lipinski definition) is 0. The minimum atomic E-state index is -1.22. The highest BCUT2D eigenvalue weighted by molar-refractivity contribution is 6.03. The van der Waals surface area contributed by atoms with Crippen molar-refractivity contribution in [2.24, 2.45) is 5.92 Å². The first-order valence-corrected chi connectivity index (χ1v) is 19.7. The summed E-state index contributed by atoms with van der Waals surface area (Å²) in [5.74, 6) is -10.3. The molecule has 4 rings (SSSR count). The molecule has 64 heavy (non-hydrogen) atoms. The minimum absolute atomic E-state index is 0.0906. The molecule has 0 aromatic carbocycles. The van der Waals surface area contributed by atoms with Crippen molar-refractivity contribution in [3.8, 4) is 0 Å². The summed E-state index contributed by atoms with van der Waals surface area (Å²) in [6.45, 7) is -4.58. The number of imide groups is 4. The van der Waals surface area contributed by atoms with Crippen LogP contribution < -0.4 is 0 Å². The van der Waals surface area contributed by atoms with Crippen LogP contribution in [0, 0.1) is 5.92 Å². The summed E-state index contributed by atoms with van der Waals surface area (Å²) in [6, 6.07) is 0. The third-order valence-electron chi connectivity index (χ3n) is 8.49. The number of carbonyl (C=O) groups excluding carboxylic acids is 12. The zero-order valence-corrected chi connectivity index (χ0v) is 34.3. The Morgan fingerprint density at radius 2 is 0.562 bits per heavy atom.